The summed E-state index contributed by atoms with van der Waals surface area (Å²) >= 11 is 6.42. The van der Waals surface area contributed by atoms with Crippen LogP contribution >= 0.6 is 11.6 Å². The van der Waals surface area contributed by atoms with Gasteiger partial charge in [0.25, 0.3) is 5.56 Å². The van der Waals surface area contributed by atoms with Gasteiger partial charge in [-0.25, -0.2) is 15.0 Å². The van der Waals surface area contributed by atoms with E-state index in [9.17, 15) is 9.59 Å². The number of halogens is 1. The minimum absolute atomic E-state index is 0.222. The van der Waals surface area contributed by atoms with Crippen LogP contribution in [-0.2, 0) is 6.54 Å². The predicted molar refractivity (Wildman–Crippen MR) is 160 cm³/mol. The Morgan fingerprint density at radius 3 is 2.46 bits per heavy atom. The SMILES string of the molecule is COc1ccc(Cn2ccc(=O)c3c(NC(C)c4nc5cccc(Cl)c5c(=O)n4-c4ccccc4)ncnc32)cc1. The summed E-state index contributed by atoms with van der Waals surface area (Å²) in [5.41, 5.74) is 2.11. The zero-order chi connectivity index (χ0) is 28.5. The molecule has 0 spiro atoms. The fourth-order valence-electron chi connectivity index (χ4n) is 4.89. The van der Waals surface area contributed by atoms with E-state index in [1.807, 2.05) is 66.1 Å². The summed E-state index contributed by atoms with van der Waals surface area (Å²) in [7, 11) is 1.62. The first-order valence-electron chi connectivity index (χ1n) is 12.9. The standard InChI is InChI=1S/C31H25ClN6O3/c1-19(29-36-24-10-6-9-23(32)26(24)31(40)38(29)21-7-4-3-5-8-21)35-28-27-25(39)15-16-37(30(27)34-18-33-28)17-20-11-13-22(41-2)14-12-20/h3-16,18-19H,17H2,1-2H3,(H,33,34,35). The third kappa shape index (κ3) is 4.92. The highest BCUT2D eigenvalue weighted by molar-refractivity contribution is 6.35. The Kier molecular flexibility index (Phi) is 6.94. The predicted octanol–water partition coefficient (Wildman–Crippen LogP) is 5.37. The maximum absolute atomic E-state index is 13.8. The molecule has 41 heavy (non-hydrogen) atoms. The summed E-state index contributed by atoms with van der Waals surface area (Å²) in [6, 6.07) is 23.1. The lowest BCUT2D eigenvalue weighted by atomic mass is 10.2. The molecule has 0 aliphatic carbocycles. The first kappa shape index (κ1) is 26.2. The number of pyridine rings is 1. The van der Waals surface area contributed by atoms with Gasteiger partial charge >= 0.3 is 0 Å². The molecule has 1 unspecified atom stereocenters. The second kappa shape index (κ2) is 10.9. The largest absolute Gasteiger partial charge is 0.497 e. The van der Waals surface area contributed by atoms with E-state index in [4.69, 9.17) is 21.3 Å². The van der Waals surface area contributed by atoms with Crippen molar-refractivity contribution in [3.8, 4) is 11.4 Å². The van der Waals surface area contributed by atoms with Crippen LogP contribution in [0, 0.1) is 0 Å². The number of para-hydroxylation sites is 1. The molecule has 0 radical (unpaired) electrons. The molecule has 0 aliphatic rings. The van der Waals surface area contributed by atoms with E-state index in [0.29, 0.717) is 50.8 Å². The summed E-state index contributed by atoms with van der Waals surface area (Å²) in [6.07, 6.45) is 3.13. The van der Waals surface area contributed by atoms with Crippen molar-refractivity contribution < 1.29 is 4.74 Å². The van der Waals surface area contributed by atoms with Gasteiger partial charge in [0.2, 0.25) is 0 Å². The fraction of sp³-hybridized carbons (Fsp3) is 0.129. The summed E-state index contributed by atoms with van der Waals surface area (Å²) in [5.74, 6) is 1.55. The Labute approximate surface area is 239 Å². The molecule has 10 heteroatoms. The normalized spacial score (nSPS) is 12.0. The Morgan fingerprint density at radius 1 is 0.927 bits per heavy atom. The molecule has 0 saturated carbocycles. The Balaban J connectivity index is 1.45. The molecule has 6 aromatic rings. The van der Waals surface area contributed by atoms with E-state index < -0.39 is 6.04 Å². The van der Waals surface area contributed by atoms with E-state index in [1.54, 1.807) is 31.5 Å². The molecule has 0 amide bonds. The van der Waals surface area contributed by atoms with Gasteiger partial charge in [0.15, 0.2) is 5.43 Å². The van der Waals surface area contributed by atoms with Crippen molar-refractivity contribution in [2.75, 3.05) is 12.4 Å². The van der Waals surface area contributed by atoms with Crippen molar-refractivity contribution in [1.29, 1.82) is 0 Å². The number of nitrogens with zero attached hydrogens (tertiary/aromatic N) is 5. The molecule has 9 nitrogen and oxygen atoms in total. The number of hydrogen-bond donors (Lipinski definition) is 1. The third-order valence-electron chi connectivity index (χ3n) is 6.89. The average Bonchev–Trinajstić information content (AvgIpc) is 2.99. The van der Waals surface area contributed by atoms with E-state index in [2.05, 4.69) is 15.3 Å². The number of fused-ring (bicyclic) bond motifs is 2. The fourth-order valence-corrected chi connectivity index (χ4v) is 5.14. The van der Waals surface area contributed by atoms with Crippen LogP contribution in [0.25, 0.3) is 27.6 Å². The Morgan fingerprint density at radius 2 is 1.71 bits per heavy atom. The van der Waals surface area contributed by atoms with Gasteiger partial charge in [-0.15, -0.1) is 0 Å². The van der Waals surface area contributed by atoms with E-state index in [-0.39, 0.29) is 11.0 Å². The van der Waals surface area contributed by atoms with Crippen molar-refractivity contribution in [2.24, 2.45) is 0 Å². The van der Waals surface area contributed by atoms with Crippen LogP contribution in [0.15, 0.2) is 101 Å². The van der Waals surface area contributed by atoms with E-state index in [0.717, 1.165) is 11.3 Å². The van der Waals surface area contributed by atoms with E-state index >= 15 is 0 Å². The first-order chi connectivity index (χ1) is 19.9. The maximum atomic E-state index is 13.8. The molecule has 1 N–H and O–H groups in total. The van der Waals surface area contributed by atoms with Crippen LogP contribution in [0.5, 0.6) is 5.75 Å². The number of hydrogen-bond acceptors (Lipinski definition) is 7. The zero-order valence-electron chi connectivity index (χ0n) is 22.3. The van der Waals surface area contributed by atoms with Crippen LogP contribution in [0.4, 0.5) is 5.82 Å². The van der Waals surface area contributed by atoms with Gasteiger partial charge < -0.3 is 14.6 Å². The second-order valence-electron chi connectivity index (χ2n) is 9.52. The quantitative estimate of drug-likeness (QED) is 0.278. The molecule has 6 rings (SSSR count). The van der Waals surface area contributed by atoms with Crippen molar-refractivity contribution in [3.05, 3.63) is 128 Å². The van der Waals surface area contributed by atoms with Crippen LogP contribution < -0.4 is 21.0 Å². The highest BCUT2D eigenvalue weighted by atomic mass is 35.5. The molecular weight excluding hydrogens is 540 g/mol. The Bertz CT molecular complexity index is 2010. The highest BCUT2D eigenvalue weighted by Crippen LogP contribution is 2.26. The molecule has 1 atom stereocenters. The lowest BCUT2D eigenvalue weighted by Crippen LogP contribution is -2.28. The lowest BCUT2D eigenvalue weighted by molar-refractivity contribution is 0.414. The maximum Gasteiger partial charge on any atom is 0.267 e. The minimum Gasteiger partial charge on any atom is -0.497 e. The second-order valence-corrected chi connectivity index (χ2v) is 9.93. The van der Waals surface area contributed by atoms with Crippen LogP contribution in [0.1, 0.15) is 24.4 Å². The number of nitrogens with one attached hydrogen (secondary N) is 1. The molecule has 0 saturated heterocycles. The van der Waals surface area contributed by atoms with E-state index in [1.165, 1.54) is 17.0 Å². The number of rotatable bonds is 7. The smallest absolute Gasteiger partial charge is 0.267 e. The lowest BCUT2D eigenvalue weighted by Gasteiger charge is -2.21. The van der Waals surface area contributed by atoms with Crippen LogP contribution in [0.2, 0.25) is 5.02 Å². The van der Waals surface area contributed by atoms with Gasteiger partial charge in [-0.2, -0.15) is 0 Å². The van der Waals surface area contributed by atoms with Gasteiger partial charge in [-0.1, -0.05) is 48.0 Å². The third-order valence-corrected chi connectivity index (χ3v) is 7.21. The van der Waals surface area contributed by atoms with Crippen LogP contribution in [0.3, 0.4) is 0 Å². The summed E-state index contributed by atoms with van der Waals surface area (Å²) in [5, 5.41) is 4.33. The summed E-state index contributed by atoms with van der Waals surface area (Å²) < 4.78 is 8.69. The van der Waals surface area contributed by atoms with Crippen molar-refractivity contribution in [3.63, 3.8) is 0 Å². The first-order valence-corrected chi connectivity index (χ1v) is 13.3. The number of aromatic nitrogens is 5. The number of anilines is 1. The van der Waals surface area contributed by atoms with Crippen molar-refractivity contribution in [2.45, 2.75) is 19.5 Å². The van der Waals surface area contributed by atoms with Gasteiger partial charge in [0, 0.05) is 18.8 Å². The van der Waals surface area contributed by atoms with Gasteiger partial charge in [-0.3, -0.25) is 14.2 Å². The zero-order valence-corrected chi connectivity index (χ0v) is 23.0. The summed E-state index contributed by atoms with van der Waals surface area (Å²) in [4.78, 5) is 40.6. The molecular formula is C31H25ClN6O3. The van der Waals surface area contributed by atoms with Gasteiger partial charge in [0.1, 0.15) is 34.8 Å². The monoisotopic (exact) mass is 564 g/mol. The van der Waals surface area contributed by atoms with Crippen molar-refractivity contribution >= 4 is 39.4 Å². The molecule has 3 heterocycles. The summed E-state index contributed by atoms with van der Waals surface area (Å²) in [6.45, 7) is 2.36. The molecule has 3 aromatic heterocycles. The molecule has 3 aromatic carbocycles. The molecule has 204 valence electrons. The average molecular weight is 565 g/mol. The highest BCUT2D eigenvalue weighted by Gasteiger charge is 2.21. The minimum atomic E-state index is -0.529. The Hall–Kier alpha value is -5.02. The topological polar surface area (TPSA) is 104 Å². The number of methoxy groups -OCH3 is 1. The van der Waals surface area contributed by atoms with Gasteiger partial charge in [-0.05, 0) is 48.9 Å². The van der Waals surface area contributed by atoms with Crippen molar-refractivity contribution in [1.82, 2.24) is 24.1 Å². The van der Waals surface area contributed by atoms with Crippen LogP contribution in [-0.4, -0.2) is 31.2 Å². The molecule has 0 aliphatic heterocycles. The number of benzene rings is 3. The molecule has 0 fully saturated rings. The van der Waals surface area contributed by atoms with Gasteiger partial charge in [0.05, 0.1) is 34.8 Å². The molecule has 0 bridgehead atoms. The number of ether oxygens (including phenoxy) is 1.